The van der Waals surface area contributed by atoms with Gasteiger partial charge in [0.15, 0.2) is 5.96 Å². The lowest BCUT2D eigenvalue weighted by molar-refractivity contribution is -0.181. The summed E-state index contributed by atoms with van der Waals surface area (Å²) in [4.78, 5) is 7.71. The van der Waals surface area contributed by atoms with Crippen LogP contribution in [0.2, 0.25) is 0 Å². The van der Waals surface area contributed by atoms with Crippen molar-refractivity contribution in [1.29, 1.82) is 0 Å². The lowest BCUT2D eigenvalue weighted by Crippen LogP contribution is -2.56. The van der Waals surface area contributed by atoms with Gasteiger partial charge in [-0.2, -0.15) is 13.2 Å². The van der Waals surface area contributed by atoms with Gasteiger partial charge >= 0.3 is 6.18 Å². The molecule has 156 valence electrons. The molecule has 1 aliphatic heterocycles. The molecule has 0 amide bonds. The minimum Gasteiger partial charge on any atom is -0.382 e. The standard InChI is InChI=1S/C16H31F3N4O2.HI/c1-14(16(17,18)19)22-7-9-23(10-8-22)15(20-2)21-6-4-5-11-25-13-12-24-3;/h14H,4-13H2,1-3H3,(H,20,21);1H. The third-order valence-corrected chi connectivity index (χ3v) is 4.28. The fraction of sp³-hybridized carbons (Fsp3) is 0.938. The van der Waals surface area contributed by atoms with Crippen molar-refractivity contribution in [3.63, 3.8) is 0 Å². The largest absolute Gasteiger partial charge is 0.403 e. The van der Waals surface area contributed by atoms with E-state index in [-0.39, 0.29) is 24.0 Å². The van der Waals surface area contributed by atoms with Crippen LogP contribution in [0.3, 0.4) is 0 Å². The van der Waals surface area contributed by atoms with Crippen molar-refractivity contribution in [2.45, 2.75) is 32.0 Å². The van der Waals surface area contributed by atoms with Crippen LogP contribution in [-0.2, 0) is 9.47 Å². The Balaban J connectivity index is 0.00000625. The Morgan fingerprint density at radius 1 is 1.12 bits per heavy atom. The second kappa shape index (κ2) is 13.8. The summed E-state index contributed by atoms with van der Waals surface area (Å²) in [6, 6.07) is -1.40. The fourth-order valence-corrected chi connectivity index (χ4v) is 2.63. The van der Waals surface area contributed by atoms with Crippen molar-refractivity contribution in [2.75, 3.05) is 66.7 Å². The highest BCUT2D eigenvalue weighted by atomic mass is 127. The number of unbranched alkanes of at least 4 members (excludes halogenated alkanes) is 1. The van der Waals surface area contributed by atoms with Gasteiger partial charge in [0.1, 0.15) is 6.04 Å². The number of hydrogen-bond donors (Lipinski definition) is 1. The summed E-state index contributed by atoms with van der Waals surface area (Å²) >= 11 is 0. The number of alkyl halides is 3. The Hall–Kier alpha value is -0.330. The van der Waals surface area contributed by atoms with Gasteiger partial charge in [0.05, 0.1) is 13.2 Å². The average molecular weight is 496 g/mol. The quantitative estimate of drug-likeness (QED) is 0.230. The van der Waals surface area contributed by atoms with Crippen molar-refractivity contribution in [1.82, 2.24) is 15.1 Å². The van der Waals surface area contributed by atoms with Crippen molar-refractivity contribution in [3.8, 4) is 0 Å². The molecule has 0 aliphatic carbocycles. The number of hydrogen-bond acceptors (Lipinski definition) is 4. The van der Waals surface area contributed by atoms with Crippen LogP contribution in [0.4, 0.5) is 13.2 Å². The van der Waals surface area contributed by atoms with E-state index in [1.807, 2.05) is 4.90 Å². The van der Waals surface area contributed by atoms with Gasteiger partial charge in [-0.25, -0.2) is 0 Å². The molecule has 6 nitrogen and oxygen atoms in total. The third-order valence-electron chi connectivity index (χ3n) is 4.28. The monoisotopic (exact) mass is 496 g/mol. The number of guanidine groups is 1. The second-order valence-corrected chi connectivity index (χ2v) is 6.03. The Kier molecular flexibility index (Phi) is 13.6. The van der Waals surface area contributed by atoms with Crippen LogP contribution in [0.15, 0.2) is 4.99 Å². The summed E-state index contributed by atoms with van der Waals surface area (Å²) in [6.45, 7) is 5.73. The van der Waals surface area contributed by atoms with Crippen LogP contribution in [0, 0.1) is 0 Å². The molecule has 1 unspecified atom stereocenters. The molecule has 26 heavy (non-hydrogen) atoms. The lowest BCUT2D eigenvalue weighted by Gasteiger charge is -2.39. The van der Waals surface area contributed by atoms with Crippen LogP contribution in [-0.4, -0.2) is 94.7 Å². The number of methoxy groups -OCH3 is 1. The first-order valence-electron chi connectivity index (χ1n) is 8.73. The highest BCUT2D eigenvalue weighted by Crippen LogP contribution is 2.25. The number of ether oxygens (including phenoxy) is 2. The van der Waals surface area contributed by atoms with Crippen LogP contribution in [0.5, 0.6) is 0 Å². The zero-order chi connectivity index (χ0) is 18.7. The predicted molar refractivity (Wildman–Crippen MR) is 107 cm³/mol. The minimum atomic E-state index is -4.17. The number of piperazine rings is 1. The number of rotatable bonds is 9. The molecule has 1 fully saturated rings. The SMILES string of the molecule is CN=C(NCCCCOCCOC)N1CCN(C(C)C(F)(F)F)CC1.I. The first kappa shape index (κ1) is 25.7. The Labute approximate surface area is 171 Å². The predicted octanol–water partition coefficient (Wildman–Crippen LogP) is 2.19. The zero-order valence-electron chi connectivity index (χ0n) is 15.8. The fourth-order valence-electron chi connectivity index (χ4n) is 2.63. The molecule has 0 radical (unpaired) electrons. The number of nitrogens with one attached hydrogen (secondary N) is 1. The van der Waals surface area contributed by atoms with Gasteiger partial charge in [-0.15, -0.1) is 24.0 Å². The van der Waals surface area contributed by atoms with E-state index in [9.17, 15) is 13.2 Å². The molecule has 0 aromatic heterocycles. The molecular weight excluding hydrogens is 464 g/mol. The summed E-state index contributed by atoms with van der Waals surface area (Å²) in [5.41, 5.74) is 0. The van der Waals surface area contributed by atoms with Crippen molar-refractivity contribution in [3.05, 3.63) is 0 Å². The first-order valence-corrected chi connectivity index (χ1v) is 8.73. The molecule has 0 saturated carbocycles. The van der Waals surface area contributed by atoms with E-state index in [4.69, 9.17) is 9.47 Å². The first-order chi connectivity index (χ1) is 11.9. The topological polar surface area (TPSA) is 49.3 Å². The van der Waals surface area contributed by atoms with Gasteiger partial charge in [-0.05, 0) is 19.8 Å². The van der Waals surface area contributed by atoms with E-state index in [0.717, 1.165) is 25.3 Å². The highest BCUT2D eigenvalue weighted by Gasteiger charge is 2.41. The summed E-state index contributed by atoms with van der Waals surface area (Å²) in [7, 11) is 3.34. The zero-order valence-corrected chi connectivity index (χ0v) is 18.2. The molecule has 1 saturated heterocycles. The maximum absolute atomic E-state index is 12.8. The van der Waals surface area contributed by atoms with Crippen molar-refractivity contribution in [2.24, 2.45) is 4.99 Å². The lowest BCUT2D eigenvalue weighted by atomic mass is 10.2. The van der Waals surface area contributed by atoms with Gasteiger partial charge in [-0.3, -0.25) is 9.89 Å². The summed E-state index contributed by atoms with van der Waals surface area (Å²) in [6.07, 6.45) is -2.30. The molecule has 0 bridgehead atoms. The van der Waals surface area contributed by atoms with Gasteiger partial charge in [0.25, 0.3) is 0 Å². The maximum atomic E-state index is 12.8. The van der Waals surface area contributed by atoms with Crippen molar-refractivity contribution >= 4 is 29.9 Å². The third kappa shape index (κ3) is 9.56. The van der Waals surface area contributed by atoms with E-state index in [0.29, 0.717) is 46.0 Å². The van der Waals surface area contributed by atoms with E-state index in [1.54, 1.807) is 14.2 Å². The highest BCUT2D eigenvalue weighted by molar-refractivity contribution is 14.0. The molecule has 0 aromatic carbocycles. The molecule has 1 rings (SSSR count). The summed E-state index contributed by atoms with van der Waals surface area (Å²) < 4.78 is 48.6. The Morgan fingerprint density at radius 2 is 1.77 bits per heavy atom. The minimum absolute atomic E-state index is 0. The molecule has 1 aliphatic rings. The molecule has 1 N–H and O–H groups in total. The Morgan fingerprint density at radius 3 is 2.31 bits per heavy atom. The van der Waals surface area contributed by atoms with E-state index in [1.165, 1.54) is 11.8 Å². The van der Waals surface area contributed by atoms with Crippen LogP contribution in [0.25, 0.3) is 0 Å². The molecule has 1 atom stereocenters. The molecule has 10 heteroatoms. The van der Waals surface area contributed by atoms with Crippen LogP contribution in [0.1, 0.15) is 19.8 Å². The molecule has 1 heterocycles. The van der Waals surface area contributed by atoms with Gasteiger partial charge in [0, 0.05) is 53.5 Å². The molecule has 0 spiro atoms. The smallest absolute Gasteiger partial charge is 0.382 e. The van der Waals surface area contributed by atoms with E-state index in [2.05, 4.69) is 10.3 Å². The normalized spacial score (nSPS) is 17.8. The van der Waals surface area contributed by atoms with Crippen LogP contribution < -0.4 is 5.32 Å². The Bertz CT molecular complexity index is 392. The number of halogens is 4. The van der Waals surface area contributed by atoms with E-state index < -0.39 is 12.2 Å². The van der Waals surface area contributed by atoms with E-state index >= 15 is 0 Å². The maximum Gasteiger partial charge on any atom is 0.403 e. The average Bonchev–Trinajstić information content (AvgIpc) is 2.59. The van der Waals surface area contributed by atoms with Gasteiger partial charge in [0.2, 0.25) is 0 Å². The number of aliphatic imine (C=N–C) groups is 1. The van der Waals surface area contributed by atoms with Gasteiger partial charge in [-0.1, -0.05) is 0 Å². The van der Waals surface area contributed by atoms with Gasteiger partial charge < -0.3 is 19.7 Å². The molecular formula is C16H32F3IN4O2. The summed E-state index contributed by atoms with van der Waals surface area (Å²) in [5.74, 6) is 0.750. The molecule has 0 aromatic rings. The van der Waals surface area contributed by atoms with Crippen molar-refractivity contribution < 1.29 is 22.6 Å². The number of nitrogens with zero attached hydrogens (tertiary/aromatic N) is 3. The summed E-state index contributed by atoms with van der Waals surface area (Å²) in [5, 5.41) is 3.27. The van der Waals surface area contributed by atoms with Crippen LogP contribution >= 0.6 is 24.0 Å². The second-order valence-electron chi connectivity index (χ2n) is 6.03.